The number of hydrogen-bond acceptors (Lipinski definition) is 6. The van der Waals surface area contributed by atoms with Gasteiger partial charge in [0.25, 0.3) is 0 Å². The average Bonchev–Trinajstić information content (AvgIpc) is 2.79. The van der Waals surface area contributed by atoms with Gasteiger partial charge >= 0.3 is 6.61 Å². The molecule has 1 aliphatic rings. The summed E-state index contributed by atoms with van der Waals surface area (Å²) < 4.78 is 82.3. The highest BCUT2D eigenvalue weighted by Crippen LogP contribution is 2.25. The molecule has 2 aromatic carbocycles. The Morgan fingerprint density at radius 3 is 1.97 bits per heavy atom. The number of halogens is 2. The number of ether oxygens (including phenoxy) is 1. The number of benzene rings is 2. The third-order valence-electron chi connectivity index (χ3n) is 5.62. The minimum Gasteiger partial charge on any atom is -0.435 e. The van der Waals surface area contributed by atoms with E-state index >= 15 is 0 Å². The van der Waals surface area contributed by atoms with E-state index in [0.717, 1.165) is 5.69 Å². The van der Waals surface area contributed by atoms with Crippen molar-refractivity contribution in [3.8, 4) is 5.75 Å². The number of hydrogen-bond donors (Lipinski definition) is 0. The van der Waals surface area contributed by atoms with E-state index in [9.17, 15) is 25.6 Å². The lowest BCUT2D eigenvalue weighted by atomic mass is 10.2. The molecule has 2 aromatic rings. The average molecular weight is 532 g/mol. The molecule has 8 nitrogen and oxygen atoms in total. The van der Waals surface area contributed by atoms with Crippen molar-refractivity contribution < 1.29 is 30.4 Å². The van der Waals surface area contributed by atoms with Crippen LogP contribution in [0.4, 0.5) is 14.5 Å². The summed E-state index contributed by atoms with van der Waals surface area (Å²) >= 11 is 0. The molecule has 0 aliphatic carbocycles. The molecular formula is C23H31F2N3O5S2. The number of nitrogens with zero attached hydrogens (tertiary/aromatic N) is 3. The van der Waals surface area contributed by atoms with Gasteiger partial charge in [0.05, 0.1) is 11.2 Å². The molecule has 0 amide bonds. The van der Waals surface area contributed by atoms with Gasteiger partial charge in [-0.25, -0.2) is 16.8 Å². The van der Waals surface area contributed by atoms with Gasteiger partial charge in [-0.05, 0) is 47.9 Å². The molecule has 0 saturated carbocycles. The van der Waals surface area contributed by atoms with E-state index in [1.807, 2.05) is 18.7 Å². The Morgan fingerprint density at radius 1 is 0.914 bits per heavy atom. The SMILES string of the molecule is CC(C)CN(Cc1ccc(OC(F)F)cc1)S(=O)(=O)c1ccc(N2CCN(S(C)(=O)=O)CC2)cc1. The van der Waals surface area contributed by atoms with Crippen LogP contribution < -0.4 is 9.64 Å². The Kier molecular flexibility index (Phi) is 8.73. The monoisotopic (exact) mass is 531 g/mol. The molecule has 1 fully saturated rings. The molecule has 12 heteroatoms. The molecule has 0 unspecified atom stereocenters. The molecule has 0 N–H and O–H groups in total. The van der Waals surface area contributed by atoms with E-state index in [1.165, 1.54) is 27.0 Å². The Balaban J connectivity index is 1.74. The fraction of sp³-hybridized carbons (Fsp3) is 0.478. The number of rotatable bonds is 10. The lowest BCUT2D eigenvalue weighted by Crippen LogP contribution is -2.48. The van der Waals surface area contributed by atoms with Crippen LogP contribution in [0.15, 0.2) is 53.4 Å². The van der Waals surface area contributed by atoms with Gasteiger partial charge in [-0.1, -0.05) is 26.0 Å². The zero-order valence-corrected chi connectivity index (χ0v) is 21.6. The summed E-state index contributed by atoms with van der Waals surface area (Å²) in [5.74, 6) is 0.0756. The van der Waals surface area contributed by atoms with Crippen LogP contribution in [0, 0.1) is 5.92 Å². The van der Waals surface area contributed by atoms with Gasteiger partial charge in [0.1, 0.15) is 5.75 Å². The first kappa shape index (κ1) is 27.3. The van der Waals surface area contributed by atoms with Crippen LogP contribution in [0.1, 0.15) is 19.4 Å². The minimum absolute atomic E-state index is 0.00924. The first-order valence-corrected chi connectivity index (χ1v) is 14.5. The highest BCUT2D eigenvalue weighted by atomic mass is 32.2. The van der Waals surface area contributed by atoms with Gasteiger partial charge in [-0.15, -0.1) is 0 Å². The highest BCUT2D eigenvalue weighted by molar-refractivity contribution is 7.89. The van der Waals surface area contributed by atoms with E-state index < -0.39 is 26.7 Å². The molecule has 0 bridgehead atoms. The fourth-order valence-corrected chi connectivity index (χ4v) is 6.31. The van der Waals surface area contributed by atoms with Gasteiger partial charge in [-0.2, -0.15) is 17.4 Å². The van der Waals surface area contributed by atoms with Crippen LogP contribution in [0.5, 0.6) is 5.75 Å². The van der Waals surface area contributed by atoms with Crippen LogP contribution in [0.2, 0.25) is 0 Å². The van der Waals surface area contributed by atoms with Crippen LogP contribution in [0.3, 0.4) is 0 Å². The minimum atomic E-state index is -3.82. The maximum absolute atomic E-state index is 13.4. The van der Waals surface area contributed by atoms with Gasteiger partial charge in [0.15, 0.2) is 0 Å². The summed E-state index contributed by atoms with van der Waals surface area (Å²) in [6.45, 7) is 3.07. The van der Waals surface area contributed by atoms with Crippen molar-refractivity contribution in [3.05, 3.63) is 54.1 Å². The van der Waals surface area contributed by atoms with E-state index in [0.29, 0.717) is 31.7 Å². The Bertz CT molecular complexity index is 1180. The smallest absolute Gasteiger partial charge is 0.387 e. The zero-order chi connectivity index (χ0) is 25.8. The van der Waals surface area contributed by atoms with Crippen LogP contribution in [-0.2, 0) is 26.6 Å². The lowest BCUT2D eigenvalue weighted by molar-refractivity contribution is -0.0498. The predicted octanol–water partition coefficient (Wildman–Crippen LogP) is 3.22. The first-order valence-electron chi connectivity index (χ1n) is 11.2. The Morgan fingerprint density at radius 2 is 1.49 bits per heavy atom. The fourth-order valence-electron chi connectivity index (χ4n) is 3.89. The van der Waals surface area contributed by atoms with Gasteiger partial charge in [0.2, 0.25) is 20.0 Å². The van der Waals surface area contributed by atoms with E-state index in [2.05, 4.69) is 4.74 Å². The number of sulfonamides is 2. The van der Waals surface area contributed by atoms with Crippen molar-refractivity contribution in [1.82, 2.24) is 8.61 Å². The van der Waals surface area contributed by atoms with Crippen molar-refractivity contribution in [2.75, 3.05) is 43.9 Å². The second-order valence-electron chi connectivity index (χ2n) is 8.86. The van der Waals surface area contributed by atoms with Gasteiger partial charge < -0.3 is 9.64 Å². The third-order valence-corrected chi connectivity index (χ3v) is 8.75. The molecule has 0 spiro atoms. The first-order chi connectivity index (χ1) is 16.4. The molecule has 1 saturated heterocycles. The molecule has 1 aliphatic heterocycles. The summed E-state index contributed by atoms with van der Waals surface area (Å²) in [6, 6.07) is 12.5. The lowest BCUT2D eigenvalue weighted by Gasteiger charge is -2.34. The van der Waals surface area contributed by atoms with Crippen LogP contribution in [0.25, 0.3) is 0 Å². The van der Waals surface area contributed by atoms with Crippen molar-refractivity contribution in [2.45, 2.75) is 31.9 Å². The quantitative estimate of drug-likeness (QED) is 0.468. The maximum atomic E-state index is 13.4. The predicted molar refractivity (Wildman–Crippen MR) is 131 cm³/mol. The summed E-state index contributed by atoms with van der Waals surface area (Å²) in [4.78, 5) is 2.17. The normalized spacial score (nSPS) is 15.8. The van der Waals surface area contributed by atoms with Crippen molar-refractivity contribution in [2.24, 2.45) is 5.92 Å². The van der Waals surface area contributed by atoms with Gasteiger partial charge in [0, 0.05) is 45.0 Å². The summed E-state index contributed by atoms with van der Waals surface area (Å²) in [7, 11) is -7.05. The van der Waals surface area contributed by atoms with Crippen molar-refractivity contribution >= 4 is 25.7 Å². The Hall–Kier alpha value is -2.28. The molecule has 0 aromatic heterocycles. The Labute approximate surface area is 206 Å². The molecule has 35 heavy (non-hydrogen) atoms. The summed E-state index contributed by atoms with van der Waals surface area (Å²) in [5.41, 5.74) is 1.47. The number of alkyl halides is 2. The summed E-state index contributed by atoms with van der Waals surface area (Å²) in [6.07, 6.45) is 1.19. The van der Waals surface area contributed by atoms with E-state index in [4.69, 9.17) is 0 Å². The topological polar surface area (TPSA) is 87.2 Å². The van der Waals surface area contributed by atoms with Gasteiger partial charge in [-0.3, -0.25) is 0 Å². The molecular weight excluding hydrogens is 500 g/mol. The highest BCUT2D eigenvalue weighted by Gasteiger charge is 2.27. The molecule has 0 atom stereocenters. The summed E-state index contributed by atoms with van der Waals surface area (Å²) in [5, 5.41) is 0. The second kappa shape index (κ2) is 11.2. The zero-order valence-electron chi connectivity index (χ0n) is 20.0. The van der Waals surface area contributed by atoms with E-state index in [1.54, 1.807) is 36.4 Å². The standard InChI is InChI=1S/C23H31F2N3O5S2/c1-18(2)16-28(17-19-4-8-21(9-5-19)33-23(24)25)35(31,32)22-10-6-20(7-11-22)26-12-14-27(15-13-26)34(3,29)30/h4-11,18,23H,12-17H2,1-3H3. The molecule has 1 heterocycles. The molecule has 3 rings (SSSR count). The van der Waals surface area contributed by atoms with Crippen LogP contribution in [-0.4, -0.2) is 71.0 Å². The van der Waals surface area contributed by atoms with Crippen molar-refractivity contribution in [3.63, 3.8) is 0 Å². The number of piperazine rings is 1. The largest absolute Gasteiger partial charge is 0.435 e. The third kappa shape index (κ3) is 7.35. The number of anilines is 1. The molecule has 0 radical (unpaired) electrons. The molecule has 194 valence electrons. The maximum Gasteiger partial charge on any atom is 0.387 e. The second-order valence-corrected chi connectivity index (χ2v) is 12.8. The van der Waals surface area contributed by atoms with Crippen LogP contribution >= 0.6 is 0 Å². The van der Waals surface area contributed by atoms with E-state index in [-0.39, 0.29) is 29.7 Å². The van der Waals surface area contributed by atoms with Crippen molar-refractivity contribution in [1.29, 1.82) is 0 Å².